The number of nitrogens with zero attached hydrogens (tertiary/aromatic N) is 1. The van der Waals surface area contributed by atoms with Crippen LogP contribution in [0.2, 0.25) is 0 Å². The Morgan fingerprint density at radius 1 is 1.06 bits per heavy atom. The van der Waals surface area contributed by atoms with Crippen LogP contribution in [0.15, 0.2) is 45.7 Å². The van der Waals surface area contributed by atoms with Crippen molar-refractivity contribution in [1.82, 2.24) is 15.6 Å². The zero-order valence-corrected chi connectivity index (χ0v) is 21.4. The van der Waals surface area contributed by atoms with Crippen LogP contribution in [0.4, 0.5) is 11.4 Å². The Labute approximate surface area is 215 Å². The van der Waals surface area contributed by atoms with Crippen molar-refractivity contribution < 1.29 is 14.5 Å². The first kappa shape index (κ1) is 25.4. The zero-order chi connectivity index (χ0) is 26.0. The molecule has 4 rings (SSSR count). The van der Waals surface area contributed by atoms with Crippen LogP contribution in [-0.2, 0) is 0 Å². The van der Waals surface area contributed by atoms with Gasteiger partial charge in [0.1, 0.15) is 5.69 Å². The second-order valence-electron chi connectivity index (χ2n) is 8.90. The van der Waals surface area contributed by atoms with Gasteiger partial charge in [0, 0.05) is 46.6 Å². The van der Waals surface area contributed by atoms with Crippen molar-refractivity contribution in [3.63, 3.8) is 0 Å². The lowest BCUT2D eigenvalue weighted by molar-refractivity contribution is -0.384. The van der Waals surface area contributed by atoms with E-state index in [2.05, 4.69) is 36.9 Å². The molecule has 2 aromatic carbocycles. The standard InChI is InChI=1S/C25H26BrN5O5/c1-13-7-8-18-15(9-13)16(12-22(32)28-18)25(34)30-20-6-4-3-5-19(20)29-23-17(24(33)27-2)10-14(26)11-21(23)31(35)36/h7-12,19-20,29H,3-6H2,1-2H3,(H,27,33)(H,28,32)(H,30,34)/t19-,20+/m1/s1. The number of halogens is 1. The molecular formula is C25H26BrN5O5. The molecular weight excluding hydrogens is 530 g/mol. The van der Waals surface area contributed by atoms with E-state index in [1.807, 2.05) is 19.1 Å². The number of nitrogens with one attached hydrogen (secondary N) is 4. The molecule has 0 saturated heterocycles. The number of nitro groups is 1. The largest absolute Gasteiger partial charge is 0.374 e. The monoisotopic (exact) mass is 555 g/mol. The maximum absolute atomic E-state index is 13.4. The van der Waals surface area contributed by atoms with Crippen LogP contribution < -0.4 is 21.5 Å². The SMILES string of the molecule is CNC(=O)c1cc(Br)cc([N+](=O)[O-])c1N[C@@H]1CCCC[C@@H]1NC(=O)c1cc(=O)[nH]c2ccc(C)cc12. The van der Waals surface area contributed by atoms with Crippen LogP contribution in [-0.4, -0.2) is 40.9 Å². The van der Waals surface area contributed by atoms with E-state index in [0.29, 0.717) is 28.2 Å². The minimum absolute atomic E-state index is 0.103. The smallest absolute Gasteiger partial charge is 0.294 e. The normalized spacial score (nSPS) is 17.4. The van der Waals surface area contributed by atoms with E-state index >= 15 is 0 Å². The van der Waals surface area contributed by atoms with Crippen molar-refractivity contribution in [3.05, 3.63) is 78.0 Å². The first-order chi connectivity index (χ1) is 17.2. The number of amides is 2. The van der Waals surface area contributed by atoms with E-state index in [-0.39, 0.29) is 40.1 Å². The molecule has 4 N–H and O–H groups in total. The quantitative estimate of drug-likeness (QED) is 0.267. The molecule has 1 fully saturated rings. The summed E-state index contributed by atoms with van der Waals surface area (Å²) in [4.78, 5) is 52.1. The number of anilines is 1. The second kappa shape index (κ2) is 10.5. The van der Waals surface area contributed by atoms with Crippen LogP contribution in [0.1, 0.15) is 52.0 Å². The lowest BCUT2D eigenvalue weighted by atomic mass is 9.89. The number of hydrogen-bond donors (Lipinski definition) is 4. The van der Waals surface area contributed by atoms with E-state index in [0.717, 1.165) is 18.4 Å². The summed E-state index contributed by atoms with van der Waals surface area (Å²) in [6, 6.07) is 8.89. The number of aromatic amines is 1. The topological polar surface area (TPSA) is 146 Å². The lowest BCUT2D eigenvalue weighted by Crippen LogP contribution is -2.49. The number of carbonyl (C=O) groups excluding carboxylic acids is 2. The van der Waals surface area contributed by atoms with Crippen LogP contribution in [0.25, 0.3) is 10.9 Å². The van der Waals surface area contributed by atoms with Gasteiger partial charge in [-0.15, -0.1) is 0 Å². The Kier molecular flexibility index (Phi) is 7.39. The molecule has 10 nitrogen and oxygen atoms in total. The summed E-state index contributed by atoms with van der Waals surface area (Å²) in [5, 5.41) is 21.2. The number of H-pyrrole nitrogens is 1. The van der Waals surface area contributed by atoms with Gasteiger partial charge in [-0.2, -0.15) is 0 Å². The molecule has 1 aliphatic carbocycles. The predicted octanol–water partition coefficient (Wildman–Crippen LogP) is 4.02. The van der Waals surface area contributed by atoms with Gasteiger partial charge in [-0.1, -0.05) is 40.4 Å². The fourth-order valence-electron chi connectivity index (χ4n) is 4.67. The number of aromatic nitrogens is 1. The minimum Gasteiger partial charge on any atom is -0.374 e. The molecule has 0 unspecified atom stereocenters. The third-order valence-electron chi connectivity index (χ3n) is 6.41. The Morgan fingerprint density at radius 2 is 1.78 bits per heavy atom. The molecule has 1 aromatic heterocycles. The summed E-state index contributed by atoms with van der Waals surface area (Å²) < 4.78 is 0.406. The summed E-state index contributed by atoms with van der Waals surface area (Å²) in [6.07, 6.45) is 3.00. The number of aryl methyl sites for hydroxylation is 1. The molecule has 1 saturated carbocycles. The number of hydrogen-bond acceptors (Lipinski definition) is 6. The number of benzene rings is 2. The zero-order valence-electron chi connectivity index (χ0n) is 19.8. The summed E-state index contributed by atoms with van der Waals surface area (Å²) in [7, 11) is 1.45. The molecule has 11 heteroatoms. The molecule has 1 aliphatic rings. The molecule has 2 atom stereocenters. The van der Waals surface area contributed by atoms with Crippen LogP contribution in [0.3, 0.4) is 0 Å². The van der Waals surface area contributed by atoms with Gasteiger partial charge >= 0.3 is 0 Å². The molecule has 3 aromatic rings. The van der Waals surface area contributed by atoms with Crippen molar-refractivity contribution in [2.24, 2.45) is 0 Å². The van der Waals surface area contributed by atoms with Crippen LogP contribution in [0, 0.1) is 17.0 Å². The van der Waals surface area contributed by atoms with Crippen molar-refractivity contribution in [1.29, 1.82) is 0 Å². The number of fused-ring (bicyclic) bond motifs is 1. The highest BCUT2D eigenvalue weighted by molar-refractivity contribution is 9.10. The van der Waals surface area contributed by atoms with Crippen molar-refractivity contribution in [2.45, 2.75) is 44.7 Å². The summed E-state index contributed by atoms with van der Waals surface area (Å²) >= 11 is 3.24. The highest BCUT2D eigenvalue weighted by Crippen LogP contribution is 2.35. The molecule has 0 bridgehead atoms. The average molecular weight is 556 g/mol. The van der Waals surface area contributed by atoms with E-state index in [4.69, 9.17) is 0 Å². The minimum atomic E-state index is -0.541. The Morgan fingerprint density at radius 3 is 2.47 bits per heavy atom. The second-order valence-corrected chi connectivity index (χ2v) is 9.81. The number of rotatable bonds is 6. The third kappa shape index (κ3) is 5.25. The maximum atomic E-state index is 13.4. The first-order valence-corrected chi connectivity index (χ1v) is 12.4. The van der Waals surface area contributed by atoms with Gasteiger partial charge < -0.3 is 20.9 Å². The Balaban J connectivity index is 1.67. The van der Waals surface area contributed by atoms with Gasteiger partial charge in [0.05, 0.1) is 16.1 Å². The highest BCUT2D eigenvalue weighted by atomic mass is 79.9. The van der Waals surface area contributed by atoms with Gasteiger partial charge in [-0.3, -0.25) is 24.5 Å². The van der Waals surface area contributed by atoms with E-state index < -0.39 is 16.7 Å². The van der Waals surface area contributed by atoms with Crippen LogP contribution >= 0.6 is 15.9 Å². The summed E-state index contributed by atoms with van der Waals surface area (Å²) in [5.74, 6) is -0.865. The summed E-state index contributed by atoms with van der Waals surface area (Å²) in [5.41, 5.74) is 1.39. The van der Waals surface area contributed by atoms with Crippen LogP contribution in [0.5, 0.6) is 0 Å². The number of nitro benzene ring substituents is 1. The van der Waals surface area contributed by atoms with E-state index in [1.54, 1.807) is 6.07 Å². The predicted molar refractivity (Wildman–Crippen MR) is 141 cm³/mol. The van der Waals surface area contributed by atoms with Gasteiger partial charge in [-0.25, -0.2) is 0 Å². The van der Waals surface area contributed by atoms with Crippen molar-refractivity contribution in [2.75, 3.05) is 12.4 Å². The Hall–Kier alpha value is -3.73. The first-order valence-electron chi connectivity index (χ1n) is 11.6. The van der Waals surface area contributed by atoms with Gasteiger partial charge in [0.15, 0.2) is 0 Å². The van der Waals surface area contributed by atoms with E-state index in [1.165, 1.54) is 25.2 Å². The molecule has 1 heterocycles. The molecule has 188 valence electrons. The van der Waals surface area contributed by atoms with Crippen molar-refractivity contribution in [3.8, 4) is 0 Å². The average Bonchev–Trinajstić information content (AvgIpc) is 2.85. The van der Waals surface area contributed by atoms with Gasteiger partial charge in [-0.05, 0) is 38.0 Å². The third-order valence-corrected chi connectivity index (χ3v) is 6.86. The van der Waals surface area contributed by atoms with E-state index in [9.17, 15) is 24.5 Å². The maximum Gasteiger partial charge on any atom is 0.294 e. The summed E-state index contributed by atoms with van der Waals surface area (Å²) in [6.45, 7) is 1.91. The fourth-order valence-corrected chi connectivity index (χ4v) is 5.11. The molecule has 0 radical (unpaired) electrons. The van der Waals surface area contributed by atoms with Gasteiger partial charge in [0.25, 0.3) is 17.5 Å². The molecule has 0 aliphatic heterocycles. The van der Waals surface area contributed by atoms with Gasteiger partial charge in [0.2, 0.25) is 5.56 Å². The highest BCUT2D eigenvalue weighted by Gasteiger charge is 2.31. The van der Waals surface area contributed by atoms with Crippen molar-refractivity contribution >= 4 is 50.0 Å². The molecule has 2 amide bonds. The molecule has 0 spiro atoms. The molecule has 36 heavy (non-hydrogen) atoms. The number of pyridine rings is 1. The Bertz CT molecular complexity index is 1420. The number of carbonyl (C=O) groups is 2. The lowest BCUT2D eigenvalue weighted by Gasteiger charge is -2.34. The fraction of sp³-hybridized carbons (Fsp3) is 0.320.